The molecule has 1 aromatic carbocycles. The van der Waals surface area contributed by atoms with Gasteiger partial charge in [0.2, 0.25) is 0 Å². The van der Waals surface area contributed by atoms with Crippen LogP contribution in [0.5, 0.6) is 0 Å². The van der Waals surface area contributed by atoms with E-state index in [-0.39, 0.29) is 6.04 Å². The van der Waals surface area contributed by atoms with Crippen LogP contribution in [0.4, 0.5) is 0 Å². The third-order valence-electron chi connectivity index (χ3n) is 4.70. The first-order valence-corrected chi connectivity index (χ1v) is 8.54. The Balaban J connectivity index is 1.83. The second-order valence-electron chi connectivity index (χ2n) is 6.07. The van der Waals surface area contributed by atoms with Gasteiger partial charge < -0.3 is 5.32 Å². The number of halogens is 2. The van der Waals surface area contributed by atoms with Crippen LogP contribution in [-0.2, 0) is 0 Å². The molecule has 1 aliphatic carbocycles. The molecule has 1 aromatic rings. The minimum Gasteiger partial charge on any atom is -0.310 e. The lowest BCUT2D eigenvalue weighted by Gasteiger charge is -2.29. The monoisotopic (exact) mass is 313 g/mol. The van der Waals surface area contributed by atoms with Crippen LogP contribution in [0, 0.1) is 11.8 Å². The number of nitrogens with one attached hydrogen (secondary N) is 1. The average molecular weight is 314 g/mol. The summed E-state index contributed by atoms with van der Waals surface area (Å²) in [5.74, 6) is 1.78. The summed E-state index contributed by atoms with van der Waals surface area (Å²) in [5.41, 5.74) is 1.10. The number of benzene rings is 1. The lowest BCUT2D eigenvalue weighted by Crippen LogP contribution is -2.28. The molecule has 1 fully saturated rings. The van der Waals surface area contributed by atoms with Gasteiger partial charge >= 0.3 is 0 Å². The van der Waals surface area contributed by atoms with E-state index < -0.39 is 0 Å². The highest BCUT2D eigenvalue weighted by Crippen LogP contribution is 2.32. The van der Waals surface area contributed by atoms with Crippen LogP contribution in [0.2, 0.25) is 10.0 Å². The first-order valence-electron chi connectivity index (χ1n) is 7.79. The zero-order valence-electron chi connectivity index (χ0n) is 12.5. The van der Waals surface area contributed by atoms with Crippen LogP contribution in [0.3, 0.4) is 0 Å². The van der Waals surface area contributed by atoms with Gasteiger partial charge in [0.1, 0.15) is 0 Å². The molecule has 0 aromatic heterocycles. The summed E-state index contributed by atoms with van der Waals surface area (Å²) in [6.07, 6.45) is 6.86. The van der Waals surface area contributed by atoms with Gasteiger partial charge in [0.25, 0.3) is 0 Å². The molecule has 112 valence electrons. The van der Waals surface area contributed by atoms with Crippen molar-refractivity contribution in [1.82, 2.24) is 5.32 Å². The van der Waals surface area contributed by atoms with Crippen molar-refractivity contribution >= 4 is 23.2 Å². The average Bonchev–Trinajstić information content (AvgIpc) is 2.48. The normalized spacial score (nSPS) is 24.6. The fraction of sp³-hybridized carbons (Fsp3) is 0.647. The summed E-state index contributed by atoms with van der Waals surface area (Å²) in [6, 6.07) is 6.12. The van der Waals surface area contributed by atoms with Gasteiger partial charge in [-0.3, -0.25) is 0 Å². The molecule has 20 heavy (non-hydrogen) atoms. The maximum absolute atomic E-state index is 6.28. The van der Waals surface area contributed by atoms with Crippen molar-refractivity contribution in [3.63, 3.8) is 0 Å². The fourth-order valence-corrected chi connectivity index (χ4v) is 3.62. The van der Waals surface area contributed by atoms with Crippen LogP contribution >= 0.6 is 23.2 Å². The Morgan fingerprint density at radius 1 is 1.15 bits per heavy atom. The van der Waals surface area contributed by atoms with Crippen molar-refractivity contribution in [2.24, 2.45) is 11.8 Å². The molecule has 1 saturated carbocycles. The van der Waals surface area contributed by atoms with E-state index in [1.807, 2.05) is 12.1 Å². The zero-order chi connectivity index (χ0) is 14.5. The van der Waals surface area contributed by atoms with Crippen molar-refractivity contribution in [2.75, 3.05) is 6.54 Å². The van der Waals surface area contributed by atoms with Crippen LogP contribution in [0.1, 0.15) is 57.6 Å². The van der Waals surface area contributed by atoms with E-state index in [0.717, 1.165) is 23.9 Å². The maximum atomic E-state index is 6.28. The predicted molar refractivity (Wildman–Crippen MR) is 88.6 cm³/mol. The molecule has 0 amide bonds. The van der Waals surface area contributed by atoms with Crippen molar-refractivity contribution in [3.8, 4) is 0 Å². The van der Waals surface area contributed by atoms with Gasteiger partial charge in [0.05, 0.1) is 10.0 Å². The van der Waals surface area contributed by atoms with Crippen LogP contribution in [0.15, 0.2) is 18.2 Å². The lowest BCUT2D eigenvalue weighted by molar-refractivity contribution is 0.258. The molecule has 0 aliphatic heterocycles. The summed E-state index contributed by atoms with van der Waals surface area (Å²) in [4.78, 5) is 0. The Kier molecular flexibility index (Phi) is 6.20. The second-order valence-corrected chi connectivity index (χ2v) is 6.85. The van der Waals surface area contributed by atoms with E-state index in [0.29, 0.717) is 10.0 Å². The summed E-state index contributed by atoms with van der Waals surface area (Å²) >= 11 is 12.4. The molecular formula is C17H25Cl2N. The van der Waals surface area contributed by atoms with E-state index in [4.69, 9.17) is 23.2 Å². The smallest absolute Gasteiger partial charge is 0.0639 e. The highest BCUT2D eigenvalue weighted by Gasteiger charge is 2.20. The third kappa shape index (κ3) is 4.13. The molecule has 0 saturated heterocycles. The third-order valence-corrected chi connectivity index (χ3v) is 5.54. The molecule has 0 radical (unpaired) electrons. The lowest BCUT2D eigenvalue weighted by atomic mass is 9.81. The van der Waals surface area contributed by atoms with Crippen molar-refractivity contribution < 1.29 is 0 Å². The van der Waals surface area contributed by atoms with E-state index in [2.05, 4.69) is 25.2 Å². The molecule has 1 N–H and O–H groups in total. The molecule has 1 nitrogen and oxygen atoms in total. The minimum absolute atomic E-state index is 0.255. The van der Waals surface area contributed by atoms with E-state index in [1.165, 1.54) is 32.1 Å². The van der Waals surface area contributed by atoms with E-state index in [1.54, 1.807) is 0 Å². The summed E-state index contributed by atoms with van der Waals surface area (Å²) < 4.78 is 0. The first kappa shape index (κ1) is 16.1. The number of rotatable bonds is 5. The summed E-state index contributed by atoms with van der Waals surface area (Å²) in [5, 5.41) is 4.95. The van der Waals surface area contributed by atoms with Gasteiger partial charge in [-0.1, -0.05) is 61.5 Å². The Hall–Kier alpha value is -0.240. The SMILES string of the molecule is CCC1CCC(CNC(C)c2cccc(Cl)c2Cl)CC1. The summed E-state index contributed by atoms with van der Waals surface area (Å²) in [6.45, 7) is 5.56. The Morgan fingerprint density at radius 2 is 1.80 bits per heavy atom. The first-order chi connectivity index (χ1) is 9.61. The van der Waals surface area contributed by atoms with E-state index in [9.17, 15) is 0 Å². The minimum atomic E-state index is 0.255. The molecule has 0 bridgehead atoms. The molecular weight excluding hydrogens is 289 g/mol. The predicted octanol–water partition coefficient (Wildman–Crippen LogP) is 5.86. The fourth-order valence-electron chi connectivity index (χ4n) is 3.15. The highest BCUT2D eigenvalue weighted by atomic mass is 35.5. The summed E-state index contributed by atoms with van der Waals surface area (Å²) in [7, 11) is 0. The molecule has 1 aliphatic rings. The topological polar surface area (TPSA) is 12.0 Å². The molecule has 0 spiro atoms. The van der Waals surface area contributed by atoms with Gasteiger partial charge in [-0.15, -0.1) is 0 Å². The van der Waals surface area contributed by atoms with E-state index >= 15 is 0 Å². The molecule has 0 heterocycles. The van der Waals surface area contributed by atoms with Gasteiger partial charge in [-0.05, 0) is 49.8 Å². The Morgan fingerprint density at radius 3 is 2.45 bits per heavy atom. The largest absolute Gasteiger partial charge is 0.310 e. The standard InChI is InChI=1S/C17H25Cl2N/c1-3-13-7-9-14(10-8-13)11-20-12(2)15-5-4-6-16(18)17(15)19/h4-6,12-14,20H,3,7-11H2,1-2H3. The molecule has 1 atom stereocenters. The number of hydrogen-bond donors (Lipinski definition) is 1. The quantitative estimate of drug-likeness (QED) is 0.717. The van der Waals surface area contributed by atoms with Crippen molar-refractivity contribution in [1.29, 1.82) is 0 Å². The van der Waals surface area contributed by atoms with Crippen LogP contribution in [-0.4, -0.2) is 6.54 Å². The van der Waals surface area contributed by atoms with Crippen LogP contribution in [0.25, 0.3) is 0 Å². The van der Waals surface area contributed by atoms with Gasteiger partial charge in [0.15, 0.2) is 0 Å². The second kappa shape index (κ2) is 7.68. The van der Waals surface area contributed by atoms with Gasteiger partial charge in [-0.2, -0.15) is 0 Å². The molecule has 1 unspecified atom stereocenters. The Bertz CT molecular complexity index is 425. The van der Waals surface area contributed by atoms with Crippen molar-refractivity contribution in [2.45, 2.75) is 52.0 Å². The highest BCUT2D eigenvalue weighted by molar-refractivity contribution is 6.42. The Labute approximate surface area is 133 Å². The molecule has 2 rings (SSSR count). The maximum Gasteiger partial charge on any atom is 0.0639 e. The van der Waals surface area contributed by atoms with Crippen molar-refractivity contribution in [3.05, 3.63) is 33.8 Å². The van der Waals surface area contributed by atoms with Crippen LogP contribution < -0.4 is 5.32 Å². The number of hydrogen-bond acceptors (Lipinski definition) is 1. The zero-order valence-corrected chi connectivity index (χ0v) is 14.0. The van der Waals surface area contributed by atoms with Gasteiger partial charge in [-0.25, -0.2) is 0 Å². The molecule has 3 heteroatoms. The van der Waals surface area contributed by atoms with Gasteiger partial charge in [0, 0.05) is 6.04 Å².